The summed E-state index contributed by atoms with van der Waals surface area (Å²) in [5.41, 5.74) is 2.78. The normalized spacial score (nSPS) is 15.4. The van der Waals surface area contributed by atoms with Crippen molar-refractivity contribution in [1.29, 1.82) is 5.26 Å². The van der Waals surface area contributed by atoms with Crippen LogP contribution in [-0.2, 0) is 0 Å². The lowest BCUT2D eigenvalue weighted by Crippen LogP contribution is -2.28. The van der Waals surface area contributed by atoms with E-state index in [0.29, 0.717) is 45.9 Å². The number of fused-ring (bicyclic) bond motifs is 3. The van der Waals surface area contributed by atoms with E-state index in [2.05, 4.69) is 26.0 Å². The first-order chi connectivity index (χ1) is 15.6. The third-order valence-corrected chi connectivity index (χ3v) is 5.63. The Morgan fingerprint density at radius 3 is 3.00 bits per heavy atom. The molecule has 1 aromatic carbocycles. The molecule has 32 heavy (non-hydrogen) atoms. The maximum absolute atomic E-state index is 14.3. The number of rotatable bonds is 2. The fourth-order valence-corrected chi connectivity index (χ4v) is 4.18. The number of hydrogen-bond donors (Lipinski definition) is 1. The highest BCUT2D eigenvalue weighted by atomic mass is 19.1. The van der Waals surface area contributed by atoms with Crippen molar-refractivity contribution >= 4 is 16.8 Å². The number of nitriles is 1. The van der Waals surface area contributed by atoms with Gasteiger partial charge < -0.3 is 9.72 Å². The zero-order chi connectivity index (χ0) is 21.8. The number of aromatic nitrogens is 6. The average Bonchev–Trinajstić information content (AvgIpc) is 3.38. The molecule has 0 spiro atoms. The van der Waals surface area contributed by atoms with Gasteiger partial charge in [0.1, 0.15) is 22.9 Å². The summed E-state index contributed by atoms with van der Waals surface area (Å²) in [6, 6.07) is 9.77. The molecule has 0 aliphatic carbocycles. The highest BCUT2D eigenvalue weighted by Crippen LogP contribution is 2.37. The van der Waals surface area contributed by atoms with Crippen LogP contribution in [0, 0.1) is 17.1 Å². The first-order valence-corrected chi connectivity index (χ1v) is 9.90. The second-order valence-corrected chi connectivity index (χ2v) is 7.44. The molecule has 0 bridgehead atoms. The van der Waals surface area contributed by atoms with Crippen molar-refractivity contribution in [2.75, 3.05) is 6.61 Å². The highest BCUT2D eigenvalue weighted by molar-refractivity contribution is 5.73. The van der Waals surface area contributed by atoms with Crippen LogP contribution in [0.4, 0.5) is 4.39 Å². The Hall–Kier alpha value is -4.52. The average molecular weight is 427 g/mol. The largest absolute Gasteiger partial charge is 0.490 e. The first-order valence-electron chi connectivity index (χ1n) is 9.90. The van der Waals surface area contributed by atoms with Gasteiger partial charge in [-0.3, -0.25) is 8.97 Å². The van der Waals surface area contributed by atoms with Crippen molar-refractivity contribution in [3.05, 3.63) is 76.4 Å². The number of para-hydroxylation sites is 1. The van der Waals surface area contributed by atoms with Gasteiger partial charge in [-0.2, -0.15) is 5.26 Å². The summed E-state index contributed by atoms with van der Waals surface area (Å²) in [6.45, 7) is 0.278. The maximum atomic E-state index is 14.3. The summed E-state index contributed by atoms with van der Waals surface area (Å²) < 4.78 is 23.0. The van der Waals surface area contributed by atoms with Gasteiger partial charge in [-0.1, -0.05) is 12.1 Å². The van der Waals surface area contributed by atoms with E-state index in [1.807, 2.05) is 0 Å². The summed E-state index contributed by atoms with van der Waals surface area (Å²) in [7, 11) is 0. The van der Waals surface area contributed by atoms with Crippen molar-refractivity contribution in [2.24, 2.45) is 0 Å². The van der Waals surface area contributed by atoms with Gasteiger partial charge in [-0.25, -0.2) is 24.1 Å². The number of pyridine rings is 1. The van der Waals surface area contributed by atoms with Gasteiger partial charge in [0.25, 0.3) is 0 Å². The van der Waals surface area contributed by atoms with Gasteiger partial charge in [-0.05, 0) is 18.2 Å². The van der Waals surface area contributed by atoms with Crippen LogP contribution in [0.3, 0.4) is 0 Å². The van der Waals surface area contributed by atoms with Crippen LogP contribution in [0.1, 0.15) is 23.6 Å². The number of halogens is 1. The topological polar surface area (TPSA) is 114 Å². The molecule has 1 atom stereocenters. The van der Waals surface area contributed by atoms with E-state index in [-0.39, 0.29) is 18.0 Å². The molecule has 0 fully saturated rings. The maximum Gasteiger partial charge on any atom is 0.328 e. The third-order valence-electron chi connectivity index (χ3n) is 5.63. The van der Waals surface area contributed by atoms with Crippen LogP contribution >= 0.6 is 0 Å². The molecular weight excluding hydrogens is 413 g/mol. The number of nitrogens with zero attached hydrogens (tertiary/aromatic N) is 6. The molecule has 1 aliphatic rings. The van der Waals surface area contributed by atoms with Crippen LogP contribution in [0.5, 0.6) is 5.75 Å². The minimum Gasteiger partial charge on any atom is -0.490 e. The zero-order valence-corrected chi connectivity index (χ0v) is 16.5. The molecule has 10 heteroatoms. The van der Waals surface area contributed by atoms with E-state index < -0.39 is 11.9 Å². The Balaban J connectivity index is 1.56. The lowest BCUT2D eigenvalue weighted by Gasteiger charge is -2.26. The van der Waals surface area contributed by atoms with Gasteiger partial charge in [0.2, 0.25) is 0 Å². The number of nitrogens with one attached hydrogen (secondary N) is 1. The summed E-state index contributed by atoms with van der Waals surface area (Å²) in [5, 5.41) is 9.23. The summed E-state index contributed by atoms with van der Waals surface area (Å²) in [6.07, 6.45) is 5.30. The van der Waals surface area contributed by atoms with Crippen LogP contribution in [-0.4, -0.2) is 35.5 Å². The predicted octanol–water partition coefficient (Wildman–Crippen LogP) is 2.82. The fourth-order valence-electron chi connectivity index (χ4n) is 4.18. The van der Waals surface area contributed by atoms with E-state index in [0.717, 1.165) is 0 Å². The molecule has 5 aromatic rings. The van der Waals surface area contributed by atoms with Gasteiger partial charge >= 0.3 is 5.69 Å². The number of aromatic amines is 1. The van der Waals surface area contributed by atoms with Crippen molar-refractivity contribution in [3.63, 3.8) is 0 Å². The second kappa shape index (κ2) is 6.75. The van der Waals surface area contributed by atoms with E-state index in [1.54, 1.807) is 41.1 Å². The monoisotopic (exact) mass is 427 g/mol. The minimum atomic E-state index is -0.463. The van der Waals surface area contributed by atoms with E-state index in [4.69, 9.17) is 4.74 Å². The SMILES string of the molecule is N#Cc1ccc2ncc(-c3ncc4[nH]c(=O)n(C5CCOc6c(F)cccc65)c4n3)n2c1. The number of H-pyrrole nitrogens is 1. The smallest absolute Gasteiger partial charge is 0.328 e. The summed E-state index contributed by atoms with van der Waals surface area (Å²) in [4.78, 5) is 29.1. The Bertz CT molecular complexity index is 1630. The molecule has 6 rings (SSSR count). The molecule has 156 valence electrons. The van der Waals surface area contributed by atoms with Crippen molar-refractivity contribution in [2.45, 2.75) is 12.5 Å². The lowest BCUT2D eigenvalue weighted by atomic mass is 10.00. The van der Waals surface area contributed by atoms with Gasteiger partial charge in [0.15, 0.2) is 23.0 Å². The standard InChI is InChI=1S/C22H14FN7O2/c23-14-3-1-2-13-16(6-7-32-19(13)14)30-21-15(27-22(30)31)9-26-20(28-21)17-10-25-18-5-4-12(8-24)11-29(17)18/h1-5,9-11,16H,6-7H2,(H,27,31). The van der Waals surface area contributed by atoms with Crippen molar-refractivity contribution < 1.29 is 9.13 Å². The van der Waals surface area contributed by atoms with E-state index in [9.17, 15) is 14.4 Å². The molecule has 0 amide bonds. The fraction of sp³-hybridized carbons (Fsp3) is 0.136. The van der Waals surface area contributed by atoms with Crippen LogP contribution in [0.15, 0.2) is 53.7 Å². The molecule has 0 radical (unpaired) electrons. The number of imidazole rings is 2. The molecule has 1 unspecified atom stereocenters. The predicted molar refractivity (Wildman–Crippen MR) is 112 cm³/mol. The highest BCUT2D eigenvalue weighted by Gasteiger charge is 2.28. The van der Waals surface area contributed by atoms with E-state index >= 15 is 0 Å². The molecule has 0 saturated carbocycles. The van der Waals surface area contributed by atoms with Gasteiger partial charge in [0, 0.05) is 18.2 Å². The first kappa shape index (κ1) is 18.3. The molecule has 9 nitrogen and oxygen atoms in total. The minimum absolute atomic E-state index is 0.157. The number of benzene rings is 1. The van der Waals surface area contributed by atoms with E-state index in [1.165, 1.54) is 16.8 Å². The van der Waals surface area contributed by atoms with Crippen LogP contribution < -0.4 is 10.4 Å². The summed E-state index contributed by atoms with van der Waals surface area (Å²) >= 11 is 0. The molecule has 0 saturated heterocycles. The zero-order valence-electron chi connectivity index (χ0n) is 16.5. The Labute approximate surface area is 179 Å². The number of ether oxygens (including phenoxy) is 1. The Kier molecular flexibility index (Phi) is 3.85. The molecule has 4 aromatic heterocycles. The number of hydrogen-bond acceptors (Lipinski definition) is 6. The summed E-state index contributed by atoms with van der Waals surface area (Å²) in [5.74, 6) is 0.0406. The third kappa shape index (κ3) is 2.61. The molecular formula is C22H14FN7O2. The van der Waals surface area contributed by atoms with Gasteiger partial charge in [-0.15, -0.1) is 0 Å². The van der Waals surface area contributed by atoms with Crippen LogP contribution in [0.25, 0.3) is 28.3 Å². The Morgan fingerprint density at radius 2 is 2.12 bits per heavy atom. The van der Waals surface area contributed by atoms with Gasteiger partial charge in [0.05, 0.1) is 30.6 Å². The molecule has 1 N–H and O–H groups in total. The second-order valence-electron chi connectivity index (χ2n) is 7.44. The molecule has 1 aliphatic heterocycles. The van der Waals surface area contributed by atoms with Crippen molar-refractivity contribution in [1.82, 2.24) is 28.9 Å². The van der Waals surface area contributed by atoms with Crippen molar-refractivity contribution in [3.8, 4) is 23.3 Å². The molecule has 5 heterocycles. The quantitative estimate of drug-likeness (QED) is 0.463. The van der Waals surface area contributed by atoms with Crippen LogP contribution in [0.2, 0.25) is 0 Å². The Morgan fingerprint density at radius 1 is 1.22 bits per heavy atom. The lowest BCUT2D eigenvalue weighted by molar-refractivity contribution is 0.244.